The molecule has 1 heterocycles. The van der Waals surface area contributed by atoms with Gasteiger partial charge in [-0.2, -0.15) is 0 Å². The summed E-state index contributed by atoms with van der Waals surface area (Å²) >= 11 is 3.39. The van der Waals surface area contributed by atoms with Gasteiger partial charge in [0.15, 0.2) is 11.5 Å². The molecular weight excluding hydrogens is 300 g/mol. The lowest BCUT2D eigenvalue weighted by atomic mass is 10.0. The third-order valence-corrected chi connectivity index (χ3v) is 3.08. The number of rotatable bonds is 7. The normalized spacial score (nSPS) is 12.7. The van der Waals surface area contributed by atoms with Crippen LogP contribution in [0.2, 0.25) is 0 Å². The van der Waals surface area contributed by atoms with Gasteiger partial charge >= 0.3 is 0 Å². The van der Waals surface area contributed by atoms with Gasteiger partial charge < -0.3 is 14.6 Å². The molecule has 0 saturated carbocycles. The van der Waals surface area contributed by atoms with E-state index < -0.39 is 0 Å². The summed E-state index contributed by atoms with van der Waals surface area (Å²) < 4.78 is 9.89. The third kappa shape index (κ3) is 4.42. The first-order chi connectivity index (χ1) is 8.58. The smallest absolute Gasteiger partial charge is 0.273 e. The molecule has 1 aromatic rings. The Balaban J connectivity index is 2.62. The highest BCUT2D eigenvalue weighted by atomic mass is 79.9. The maximum atomic E-state index is 12.0. The predicted octanol–water partition coefficient (Wildman–Crippen LogP) is 2.36. The molecule has 0 aliphatic heterocycles. The fourth-order valence-corrected chi connectivity index (χ4v) is 2.06. The van der Waals surface area contributed by atoms with E-state index in [1.807, 2.05) is 0 Å². The number of nitrogens with zero attached hydrogens (tertiary/aromatic N) is 1. The molecular formula is C12H19BrN2O3. The SMILES string of the molecule is COCc1cc(C(=O)NC(CCBr)C(C)C)no1. The summed E-state index contributed by atoms with van der Waals surface area (Å²) in [6.45, 7) is 4.47. The van der Waals surface area contributed by atoms with Crippen molar-refractivity contribution < 1.29 is 14.1 Å². The summed E-state index contributed by atoms with van der Waals surface area (Å²) in [5, 5.41) is 7.54. The van der Waals surface area contributed by atoms with Gasteiger partial charge in [0, 0.05) is 24.5 Å². The van der Waals surface area contributed by atoms with Gasteiger partial charge in [-0.15, -0.1) is 0 Å². The molecule has 1 aromatic heterocycles. The molecule has 1 amide bonds. The number of carbonyl (C=O) groups is 1. The first-order valence-electron chi connectivity index (χ1n) is 5.89. The van der Waals surface area contributed by atoms with Crippen LogP contribution in [0.3, 0.4) is 0 Å². The maximum absolute atomic E-state index is 12.0. The topological polar surface area (TPSA) is 64.4 Å². The quantitative estimate of drug-likeness (QED) is 0.784. The van der Waals surface area contributed by atoms with Crippen LogP contribution in [0.1, 0.15) is 36.5 Å². The van der Waals surface area contributed by atoms with E-state index in [1.54, 1.807) is 13.2 Å². The minimum Gasteiger partial charge on any atom is -0.377 e. The third-order valence-electron chi connectivity index (χ3n) is 2.62. The van der Waals surface area contributed by atoms with Crippen LogP contribution >= 0.6 is 15.9 Å². The zero-order valence-corrected chi connectivity index (χ0v) is 12.5. The van der Waals surface area contributed by atoms with E-state index in [2.05, 4.69) is 40.3 Å². The van der Waals surface area contributed by atoms with Crippen molar-refractivity contribution in [3.8, 4) is 0 Å². The van der Waals surface area contributed by atoms with Gasteiger partial charge in [-0.05, 0) is 12.3 Å². The number of nitrogens with one attached hydrogen (secondary N) is 1. The number of hydrogen-bond donors (Lipinski definition) is 1. The number of halogens is 1. The van der Waals surface area contributed by atoms with E-state index in [-0.39, 0.29) is 11.9 Å². The average molecular weight is 319 g/mol. The van der Waals surface area contributed by atoms with E-state index >= 15 is 0 Å². The van der Waals surface area contributed by atoms with E-state index in [1.165, 1.54) is 0 Å². The fourth-order valence-electron chi connectivity index (χ4n) is 1.56. The molecule has 0 bridgehead atoms. The zero-order valence-electron chi connectivity index (χ0n) is 10.9. The maximum Gasteiger partial charge on any atom is 0.273 e. The summed E-state index contributed by atoms with van der Waals surface area (Å²) in [5.74, 6) is 0.710. The molecule has 0 aliphatic rings. The van der Waals surface area contributed by atoms with Crippen molar-refractivity contribution in [3.05, 3.63) is 17.5 Å². The van der Waals surface area contributed by atoms with Crippen molar-refractivity contribution in [1.29, 1.82) is 0 Å². The van der Waals surface area contributed by atoms with Crippen LogP contribution in [0.5, 0.6) is 0 Å². The molecule has 0 aromatic carbocycles. The molecule has 6 heteroatoms. The molecule has 102 valence electrons. The van der Waals surface area contributed by atoms with Crippen molar-refractivity contribution in [3.63, 3.8) is 0 Å². The minimum absolute atomic E-state index is 0.124. The Morgan fingerprint density at radius 3 is 2.89 bits per heavy atom. The van der Waals surface area contributed by atoms with Crippen LogP contribution in [0.4, 0.5) is 0 Å². The number of amides is 1. The highest BCUT2D eigenvalue weighted by Crippen LogP contribution is 2.10. The standard InChI is InChI=1S/C12H19BrN2O3/c1-8(2)10(4-5-13)14-12(16)11-6-9(7-17-3)18-15-11/h6,8,10H,4-5,7H2,1-3H3,(H,14,16). The van der Waals surface area contributed by atoms with Gasteiger partial charge in [0.25, 0.3) is 5.91 Å². The van der Waals surface area contributed by atoms with E-state index in [0.29, 0.717) is 24.0 Å². The van der Waals surface area contributed by atoms with Gasteiger partial charge in [0.2, 0.25) is 0 Å². The number of methoxy groups -OCH3 is 1. The Labute approximate surface area is 115 Å². The molecule has 1 unspecified atom stereocenters. The Kier molecular flexibility index (Phi) is 6.35. The van der Waals surface area contributed by atoms with E-state index in [0.717, 1.165) is 11.8 Å². The van der Waals surface area contributed by atoms with Gasteiger partial charge in [0.1, 0.15) is 6.61 Å². The second kappa shape index (κ2) is 7.53. The highest BCUT2D eigenvalue weighted by Gasteiger charge is 2.19. The first kappa shape index (κ1) is 15.2. The average Bonchev–Trinajstić information content (AvgIpc) is 2.77. The summed E-state index contributed by atoms with van der Waals surface area (Å²) in [4.78, 5) is 12.0. The van der Waals surface area contributed by atoms with Crippen LogP contribution in [0, 0.1) is 5.92 Å². The summed E-state index contributed by atoms with van der Waals surface area (Å²) in [7, 11) is 1.56. The van der Waals surface area contributed by atoms with Gasteiger partial charge in [-0.1, -0.05) is 34.9 Å². The molecule has 1 rings (SSSR count). The summed E-state index contributed by atoms with van der Waals surface area (Å²) in [6, 6.07) is 1.73. The Hall–Kier alpha value is -0.880. The molecule has 1 atom stereocenters. The molecule has 0 aliphatic carbocycles. The zero-order chi connectivity index (χ0) is 13.5. The lowest BCUT2D eigenvalue weighted by Crippen LogP contribution is -2.39. The van der Waals surface area contributed by atoms with Crippen molar-refractivity contribution in [2.45, 2.75) is 32.9 Å². The Bertz CT molecular complexity index is 379. The molecule has 18 heavy (non-hydrogen) atoms. The second-order valence-corrected chi connectivity index (χ2v) is 5.21. The Morgan fingerprint density at radius 1 is 1.61 bits per heavy atom. The number of alkyl halides is 1. The molecule has 1 N–H and O–H groups in total. The molecule has 0 fully saturated rings. The second-order valence-electron chi connectivity index (χ2n) is 4.41. The number of ether oxygens (including phenoxy) is 1. The molecule has 5 nitrogen and oxygen atoms in total. The van der Waals surface area contributed by atoms with Crippen LogP contribution in [0.25, 0.3) is 0 Å². The van der Waals surface area contributed by atoms with Crippen molar-refractivity contribution in [2.24, 2.45) is 5.92 Å². The number of aromatic nitrogens is 1. The summed E-state index contributed by atoms with van der Waals surface area (Å²) in [5.41, 5.74) is 0.294. The molecule has 0 radical (unpaired) electrons. The lowest BCUT2D eigenvalue weighted by Gasteiger charge is -2.20. The largest absolute Gasteiger partial charge is 0.377 e. The number of carbonyl (C=O) groups excluding carboxylic acids is 1. The van der Waals surface area contributed by atoms with Gasteiger partial charge in [0.05, 0.1) is 0 Å². The van der Waals surface area contributed by atoms with Crippen LogP contribution < -0.4 is 5.32 Å². The first-order valence-corrected chi connectivity index (χ1v) is 7.02. The van der Waals surface area contributed by atoms with Crippen molar-refractivity contribution in [1.82, 2.24) is 10.5 Å². The molecule has 0 spiro atoms. The molecule has 0 saturated heterocycles. The van der Waals surface area contributed by atoms with Crippen LogP contribution in [-0.2, 0) is 11.3 Å². The highest BCUT2D eigenvalue weighted by molar-refractivity contribution is 9.09. The van der Waals surface area contributed by atoms with Crippen molar-refractivity contribution >= 4 is 21.8 Å². The monoisotopic (exact) mass is 318 g/mol. The number of hydrogen-bond acceptors (Lipinski definition) is 4. The van der Waals surface area contributed by atoms with E-state index in [4.69, 9.17) is 9.26 Å². The van der Waals surface area contributed by atoms with Gasteiger partial charge in [-0.3, -0.25) is 4.79 Å². The predicted molar refractivity (Wildman–Crippen MR) is 71.7 cm³/mol. The van der Waals surface area contributed by atoms with Crippen LogP contribution in [0.15, 0.2) is 10.6 Å². The Morgan fingerprint density at radius 2 is 2.33 bits per heavy atom. The fraction of sp³-hybridized carbons (Fsp3) is 0.667. The van der Waals surface area contributed by atoms with Gasteiger partial charge in [-0.25, -0.2) is 0 Å². The van der Waals surface area contributed by atoms with Crippen molar-refractivity contribution in [2.75, 3.05) is 12.4 Å². The van der Waals surface area contributed by atoms with E-state index in [9.17, 15) is 4.79 Å². The summed E-state index contributed by atoms with van der Waals surface area (Å²) in [6.07, 6.45) is 0.881. The lowest BCUT2D eigenvalue weighted by molar-refractivity contribution is 0.0915. The minimum atomic E-state index is -0.208. The van der Waals surface area contributed by atoms with Crippen LogP contribution in [-0.4, -0.2) is 29.5 Å².